The van der Waals surface area contributed by atoms with Crippen LogP contribution in [0.3, 0.4) is 0 Å². The van der Waals surface area contributed by atoms with Crippen molar-refractivity contribution >= 4 is 16.9 Å². The number of ether oxygens (including phenoxy) is 2. The summed E-state index contributed by atoms with van der Waals surface area (Å²) in [6, 6.07) is 11.6. The third-order valence-corrected chi connectivity index (χ3v) is 5.91. The molecular formula is C27H18O9. The molecule has 5 rings (SSSR count). The van der Waals surface area contributed by atoms with Crippen LogP contribution in [0, 0.1) is 12.3 Å². The summed E-state index contributed by atoms with van der Waals surface area (Å²) >= 11 is 0. The Morgan fingerprint density at radius 1 is 0.972 bits per heavy atom. The lowest BCUT2D eigenvalue weighted by Crippen LogP contribution is -2.22. The van der Waals surface area contributed by atoms with Crippen LogP contribution in [0.25, 0.3) is 22.3 Å². The third kappa shape index (κ3) is 3.71. The molecule has 0 bridgehead atoms. The van der Waals surface area contributed by atoms with Crippen LogP contribution in [0.2, 0.25) is 0 Å². The van der Waals surface area contributed by atoms with E-state index in [0.29, 0.717) is 16.9 Å². The Kier molecular flexibility index (Phi) is 5.42. The Morgan fingerprint density at radius 3 is 2.42 bits per heavy atom. The van der Waals surface area contributed by atoms with Gasteiger partial charge in [0.15, 0.2) is 17.3 Å². The van der Waals surface area contributed by atoms with Gasteiger partial charge in [0.2, 0.25) is 11.2 Å². The van der Waals surface area contributed by atoms with Crippen LogP contribution in [-0.2, 0) is 4.79 Å². The Hall–Kier alpha value is -5.10. The van der Waals surface area contributed by atoms with Gasteiger partial charge in [-0.1, -0.05) is 18.1 Å². The summed E-state index contributed by atoms with van der Waals surface area (Å²) in [4.78, 5) is 25.5. The third-order valence-electron chi connectivity index (χ3n) is 5.91. The van der Waals surface area contributed by atoms with E-state index in [0.717, 1.165) is 12.1 Å². The minimum atomic E-state index is -0.923. The first kappa shape index (κ1) is 22.7. The molecule has 36 heavy (non-hydrogen) atoms. The van der Waals surface area contributed by atoms with Crippen molar-refractivity contribution in [2.75, 3.05) is 6.61 Å². The van der Waals surface area contributed by atoms with Gasteiger partial charge in [-0.15, -0.1) is 6.42 Å². The molecule has 1 aromatic heterocycles. The highest BCUT2D eigenvalue weighted by Gasteiger charge is 2.34. The molecular weight excluding hydrogens is 468 g/mol. The lowest BCUT2D eigenvalue weighted by atomic mass is 9.85. The van der Waals surface area contributed by atoms with Gasteiger partial charge in [-0.2, -0.15) is 0 Å². The summed E-state index contributed by atoms with van der Waals surface area (Å²) < 4.78 is 16.7. The molecule has 0 spiro atoms. The molecule has 0 saturated heterocycles. The normalized spacial score (nSPS) is 14.6. The van der Waals surface area contributed by atoms with Gasteiger partial charge < -0.3 is 34.3 Å². The maximum Gasteiger partial charge on any atom is 0.312 e. The number of phenolic OH excluding ortho intramolecular Hbond substituents is 3. The number of hydrogen-bond acceptors (Lipinski definition) is 9. The highest BCUT2D eigenvalue weighted by molar-refractivity contribution is 5.94. The van der Waals surface area contributed by atoms with Gasteiger partial charge in [-0.3, -0.25) is 9.59 Å². The maximum absolute atomic E-state index is 13.1. The van der Waals surface area contributed by atoms with Crippen molar-refractivity contribution in [3.63, 3.8) is 0 Å². The SMILES string of the molecule is C#CCOc1ccc([C@H]2CC(=O)Oc3cc(O)c4c(=O)c(O)c(-c5ccc(O)c(O)c5)oc4c32)cc1. The monoisotopic (exact) mass is 486 g/mol. The lowest BCUT2D eigenvalue weighted by molar-refractivity contribution is -0.135. The van der Waals surface area contributed by atoms with E-state index < -0.39 is 40.3 Å². The molecule has 0 saturated carbocycles. The van der Waals surface area contributed by atoms with Gasteiger partial charge in [-0.25, -0.2) is 0 Å². The van der Waals surface area contributed by atoms with Crippen LogP contribution in [0.15, 0.2) is 57.7 Å². The molecule has 0 amide bonds. The Balaban J connectivity index is 1.75. The number of esters is 1. The zero-order valence-corrected chi connectivity index (χ0v) is 18.5. The quantitative estimate of drug-likeness (QED) is 0.147. The number of benzene rings is 3. The van der Waals surface area contributed by atoms with Gasteiger partial charge in [0.1, 0.15) is 34.8 Å². The highest BCUT2D eigenvalue weighted by atomic mass is 16.5. The molecule has 0 radical (unpaired) electrons. The second-order valence-corrected chi connectivity index (χ2v) is 8.12. The van der Waals surface area contributed by atoms with Crippen molar-refractivity contribution in [2.45, 2.75) is 12.3 Å². The molecule has 9 heteroatoms. The second-order valence-electron chi connectivity index (χ2n) is 8.12. The minimum Gasteiger partial charge on any atom is -0.507 e. The molecule has 9 nitrogen and oxygen atoms in total. The molecule has 0 aliphatic carbocycles. The van der Waals surface area contributed by atoms with Crippen molar-refractivity contribution in [1.82, 2.24) is 0 Å². The first-order valence-electron chi connectivity index (χ1n) is 10.7. The Morgan fingerprint density at radius 2 is 1.72 bits per heavy atom. The summed E-state index contributed by atoms with van der Waals surface area (Å²) in [6.07, 6.45) is 5.14. The van der Waals surface area contributed by atoms with Gasteiger partial charge in [0, 0.05) is 23.1 Å². The molecule has 0 fully saturated rings. The number of rotatable bonds is 4. The number of carbonyl (C=O) groups is 1. The molecule has 3 aromatic carbocycles. The van der Waals surface area contributed by atoms with E-state index in [1.807, 2.05) is 0 Å². The summed E-state index contributed by atoms with van der Waals surface area (Å²) in [5.74, 6) is -0.822. The maximum atomic E-state index is 13.1. The summed E-state index contributed by atoms with van der Waals surface area (Å²) in [5.41, 5.74) is 0.0696. The largest absolute Gasteiger partial charge is 0.507 e. The van der Waals surface area contributed by atoms with Crippen molar-refractivity contribution in [2.24, 2.45) is 0 Å². The summed E-state index contributed by atoms with van der Waals surface area (Å²) in [7, 11) is 0. The van der Waals surface area contributed by atoms with Crippen molar-refractivity contribution < 1.29 is 39.1 Å². The number of hydrogen-bond donors (Lipinski definition) is 4. The van der Waals surface area contributed by atoms with Crippen molar-refractivity contribution in [1.29, 1.82) is 0 Å². The fraction of sp³-hybridized carbons (Fsp3) is 0.111. The van der Waals surface area contributed by atoms with E-state index in [9.17, 15) is 30.0 Å². The van der Waals surface area contributed by atoms with Crippen LogP contribution < -0.4 is 14.9 Å². The van der Waals surface area contributed by atoms with Crippen LogP contribution in [-0.4, -0.2) is 33.0 Å². The number of terminal acetylenes is 1. The summed E-state index contributed by atoms with van der Waals surface area (Å²) in [5, 5.41) is 40.4. The molecule has 1 aliphatic rings. The molecule has 1 aliphatic heterocycles. The smallest absolute Gasteiger partial charge is 0.312 e. The topological polar surface area (TPSA) is 147 Å². The standard InChI is InChI=1S/C27H18O9/c1-2-9-34-15-6-3-13(4-7-15)16-11-21(31)35-20-12-19(30)23-24(32)25(33)26(36-27(23)22(16)20)14-5-8-17(28)18(29)10-14/h1,3-8,10,12,16,28-30,33H,9,11H2/t16-/m1/s1. The molecule has 0 unspecified atom stereocenters. The average Bonchev–Trinajstić information content (AvgIpc) is 2.86. The van der Waals surface area contributed by atoms with Gasteiger partial charge in [0.25, 0.3) is 0 Å². The predicted molar refractivity (Wildman–Crippen MR) is 127 cm³/mol. The van der Waals surface area contributed by atoms with Gasteiger partial charge >= 0.3 is 5.97 Å². The molecule has 4 aromatic rings. The first-order valence-corrected chi connectivity index (χ1v) is 10.7. The van der Waals surface area contributed by atoms with Crippen LogP contribution >= 0.6 is 0 Å². The molecule has 2 heterocycles. The van der Waals surface area contributed by atoms with E-state index in [4.69, 9.17) is 20.3 Å². The summed E-state index contributed by atoms with van der Waals surface area (Å²) in [6.45, 7) is 0.0894. The highest BCUT2D eigenvalue weighted by Crippen LogP contribution is 2.47. The fourth-order valence-electron chi connectivity index (χ4n) is 4.25. The predicted octanol–water partition coefficient (Wildman–Crippen LogP) is 3.74. The van der Waals surface area contributed by atoms with E-state index in [1.54, 1.807) is 24.3 Å². The van der Waals surface area contributed by atoms with E-state index in [1.165, 1.54) is 12.1 Å². The Labute approximate surface area is 203 Å². The average molecular weight is 486 g/mol. The second kappa shape index (κ2) is 8.60. The number of phenols is 3. The lowest BCUT2D eigenvalue weighted by Gasteiger charge is -2.26. The Bertz CT molecular complexity index is 1630. The van der Waals surface area contributed by atoms with Crippen molar-refractivity contribution in [3.05, 3.63) is 69.9 Å². The van der Waals surface area contributed by atoms with E-state index >= 15 is 0 Å². The van der Waals surface area contributed by atoms with E-state index in [-0.39, 0.29) is 41.1 Å². The molecule has 1 atom stereocenters. The number of carbonyl (C=O) groups excluding carboxylic acids is 1. The number of aromatic hydroxyl groups is 4. The van der Waals surface area contributed by atoms with E-state index in [2.05, 4.69) is 5.92 Å². The van der Waals surface area contributed by atoms with Crippen LogP contribution in [0.1, 0.15) is 23.5 Å². The first-order chi connectivity index (χ1) is 17.3. The van der Waals surface area contributed by atoms with Crippen LogP contribution in [0.4, 0.5) is 0 Å². The van der Waals surface area contributed by atoms with Gasteiger partial charge in [-0.05, 0) is 35.9 Å². The minimum absolute atomic E-state index is 0.00208. The van der Waals surface area contributed by atoms with Crippen LogP contribution in [0.5, 0.6) is 34.5 Å². The zero-order valence-electron chi connectivity index (χ0n) is 18.5. The van der Waals surface area contributed by atoms with Gasteiger partial charge in [0.05, 0.1) is 6.42 Å². The number of fused-ring (bicyclic) bond motifs is 3. The van der Waals surface area contributed by atoms with Crippen molar-refractivity contribution in [3.8, 4) is 58.2 Å². The fourth-order valence-corrected chi connectivity index (χ4v) is 4.25. The zero-order chi connectivity index (χ0) is 25.6. The molecule has 4 N–H and O–H groups in total. The molecule has 180 valence electrons.